The summed E-state index contributed by atoms with van der Waals surface area (Å²) in [5.41, 5.74) is 0.607. The summed E-state index contributed by atoms with van der Waals surface area (Å²) in [4.78, 5) is 2.69. The highest BCUT2D eigenvalue weighted by Crippen LogP contribution is 2.24. The Kier molecular flexibility index (Phi) is 2.40. The van der Waals surface area contributed by atoms with Crippen molar-refractivity contribution < 1.29 is 13.2 Å². The molecule has 0 radical (unpaired) electrons. The summed E-state index contributed by atoms with van der Waals surface area (Å²) in [6, 6.07) is 1.94. The summed E-state index contributed by atoms with van der Waals surface area (Å²) in [6.07, 6.45) is 0. The van der Waals surface area contributed by atoms with Gasteiger partial charge in [0, 0.05) is 23.7 Å². The van der Waals surface area contributed by atoms with Gasteiger partial charge in [0.15, 0.2) is 11.6 Å². The van der Waals surface area contributed by atoms with E-state index in [9.17, 15) is 13.2 Å². The fraction of sp³-hybridized carbons (Fsp3) is 0.200. The SMILES string of the molecule is CNCc1cc2c(F)c(F)cc(F)c2[nH]1. The van der Waals surface area contributed by atoms with Gasteiger partial charge in [-0.25, -0.2) is 13.2 Å². The summed E-state index contributed by atoms with van der Waals surface area (Å²) in [7, 11) is 1.71. The van der Waals surface area contributed by atoms with Crippen molar-refractivity contribution in [1.82, 2.24) is 10.3 Å². The molecule has 1 aromatic carbocycles. The maximum atomic E-state index is 13.2. The van der Waals surface area contributed by atoms with E-state index in [0.717, 1.165) is 0 Å². The number of halogens is 3. The van der Waals surface area contributed by atoms with Crippen molar-refractivity contribution in [2.75, 3.05) is 7.05 Å². The molecule has 0 saturated heterocycles. The van der Waals surface area contributed by atoms with Crippen LogP contribution in [0.15, 0.2) is 12.1 Å². The highest BCUT2D eigenvalue weighted by molar-refractivity contribution is 5.81. The number of nitrogens with one attached hydrogen (secondary N) is 2. The zero-order chi connectivity index (χ0) is 11.0. The molecule has 0 atom stereocenters. The van der Waals surface area contributed by atoms with Gasteiger partial charge in [0.1, 0.15) is 5.82 Å². The van der Waals surface area contributed by atoms with E-state index in [1.807, 2.05) is 0 Å². The molecular weight excluding hydrogens is 205 g/mol. The van der Waals surface area contributed by atoms with Crippen LogP contribution in [0.3, 0.4) is 0 Å². The molecule has 5 heteroatoms. The second-order valence-corrected chi connectivity index (χ2v) is 3.27. The molecule has 2 rings (SSSR count). The summed E-state index contributed by atoms with van der Waals surface area (Å²) in [6.45, 7) is 0.440. The minimum absolute atomic E-state index is 0.000787. The van der Waals surface area contributed by atoms with Crippen LogP contribution in [0.1, 0.15) is 5.69 Å². The normalized spacial score (nSPS) is 11.2. The molecule has 2 aromatic rings. The van der Waals surface area contributed by atoms with E-state index in [-0.39, 0.29) is 10.9 Å². The van der Waals surface area contributed by atoms with Crippen LogP contribution in [0.5, 0.6) is 0 Å². The number of fused-ring (bicyclic) bond motifs is 1. The van der Waals surface area contributed by atoms with Crippen molar-refractivity contribution in [1.29, 1.82) is 0 Å². The Morgan fingerprint density at radius 1 is 1.20 bits per heavy atom. The summed E-state index contributed by atoms with van der Waals surface area (Å²) >= 11 is 0. The first-order valence-corrected chi connectivity index (χ1v) is 4.43. The van der Waals surface area contributed by atoms with Gasteiger partial charge in [0.2, 0.25) is 0 Å². The standard InChI is InChI=1S/C10H9F3N2/c1-14-4-5-2-6-9(13)7(11)3-8(12)10(6)15-5/h2-3,14-15H,4H2,1H3. The molecule has 0 bridgehead atoms. The lowest BCUT2D eigenvalue weighted by atomic mass is 10.2. The molecule has 0 amide bonds. The molecule has 0 saturated carbocycles. The van der Waals surface area contributed by atoms with Crippen molar-refractivity contribution in [3.63, 3.8) is 0 Å². The Labute approximate surface area is 84.1 Å². The third-order valence-electron chi connectivity index (χ3n) is 2.18. The first-order valence-electron chi connectivity index (χ1n) is 4.43. The Morgan fingerprint density at radius 2 is 1.93 bits per heavy atom. The highest BCUT2D eigenvalue weighted by Gasteiger charge is 2.14. The van der Waals surface area contributed by atoms with Crippen LogP contribution in [0.2, 0.25) is 0 Å². The maximum absolute atomic E-state index is 13.2. The van der Waals surface area contributed by atoms with E-state index in [1.165, 1.54) is 6.07 Å². The first kappa shape index (κ1) is 10.0. The quantitative estimate of drug-likeness (QED) is 0.737. The molecule has 0 aliphatic carbocycles. The number of benzene rings is 1. The topological polar surface area (TPSA) is 27.8 Å². The lowest BCUT2D eigenvalue weighted by molar-refractivity contribution is 0.505. The average molecular weight is 214 g/mol. The molecule has 0 aliphatic heterocycles. The third-order valence-corrected chi connectivity index (χ3v) is 2.18. The van der Waals surface area contributed by atoms with Crippen molar-refractivity contribution in [3.05, 3.63) is 35.3 Å². The number of hydrogen-bond acceptors (Lipinski definition) is 1. The number of aromatic amines is 1. The third kappa shape index (κ3) is 1.59. The van der Waals surface area contributed by atoms with Crippen molar-refractivity contribution in [3.8, 4) is 0 Å². The first-order chi connectivity index (χ1) is 7.13. The van der Waals surface area contributed by atoms with Gasteiger partial charge in [-0.1, -0.05) is 0 Å². The molecule has 2 nitrogen and oxygen atoms in total. The fourth-order valence-corrected chi connectivity index (χ4v) is 1.53. The largest absolute Gasteiger partial charge is 0.355 e. The molecule has 0 fully saturated rings. The maximum Gasteiger partial charge on any atom is 0.168 e. The number of hydrogen-bond donors (Lipinski definition) is 2. The lowest BCUT2D eigenvalue weighted by Crippen LogP contribution is -2.04. The Bertz CT molecular complexity index is 505. The molecule has 1 aromatic heterocycles. The van der Waals surface area contributed by atoms with E-state index in [1.54, 1.807) is 7.05 Å². The average Bonchev–Trinajstić information content (AvgIpc) is 2.60. The van der Waals surface area contributed by atoms with Crippen LogP contribution in [0, 0.1) is 17.5 Å². The lowest BCUT2D eigenvalue weighted by Gasteiger charge is -1.96. The second-order valence-electron chi connectivity index (χ2n) is 3.27. The summed E-state index contributed by atoms with van der Waals surface area (Å²) < 4.78 is 39.3. The predicted octanol–water partition coefficient (Wildman–Crippen LogP) is 2.30. The van der Waals surface area contributed by atoms with E-state index in [0.29, 0.717) is 18.3 Å². The zero-order valence-electron chi connectivity index (χ0n) is 8.00. The van der Waals surface area contributed by atoms with Gasteiger partial charge in [-0.3, -0.25) is 0 Å². The van der Waals surface area contributed by atoms with Crippen LogP contribution in [-0.2, 0) is 6.54 Å². The van der Waals surface area contributed by atoms with Gasteiger partial charge in [-0.15, -0.1) is 0 Å². The molecule has 0 spiro atoms. The van der Waals surface area contributed by atoms with E-state index < -0.39 is 17.5 Å². The molecule has 0 aliphatic rings. The van der Waals surface area contributed by atoms with Crippen LogP contribution >= 0.6 is 0 Å². The smallest absolute Gasteiger partial charge is 0.168 e. The molecule has 2 N–H and O–H groups in total. The van der Waals surface area contributed by atoms with Crippen LogP contribution in [-0.4, -0.2) is 12.0 Å². The van der Waals surface area contributed by atoms with E-state index in [2.05, 4.69) is 10.3 Å². The van der Waals surface area contributed by atoms with Gasteiger partial charge in [-0.2, -0.15) is 0 Å². The van der Waals surface area contributed by atoms with Gasteiger partial charge in [0.05, 0.1) is 5.52 Å². The second kappa shape index (κ2) is 3.58. The monoisotopic (exact) mass is 214 g/mol. The van der Waals surface area contributed by atoms with Gasteiger partial charge >= 0.3 is 0 Å². The summed E-state index contributed by atoms with van der Waals surface area (Å²) in [5.74, 6) is -2.98. The van der Waals surface area contributed by atoms with Gasteiger partial charge in [-0.05, 0) is 13.1 Å². The molecule has 15 heavy (non-hydrogen) atoms. The summed E-state index contributed by atoms with van der Waals surface area (Å²) in [5, 5.41) is 2.77. The van der Waals surface area contributed by atoms with Crippen LogP contribution in [0.25, 0.3) is 10.9 Å². The van der Waals surface area contributed by atoms with Crippen LogP contribution in [0.4, 0.5) is 13.2 Å². The number of rotatable bonds is 2. The molecular formula is C10H9F3N2. The predicted molar refractivity (Wildman–Crippen MR) is 50.9 cm³/mol. The Hall–Kier alpha value is -1.49. The van der Waals surface area contributed by atoms with Crippen LogP contribution < -0.4 is 5.32 Å². The molecule has 80 valence electrons. The molecule has 1 heterocycles. The minimum Gasteiger partial charge on any atom is -0.355 e. The van der Waals surface area contributed by atoms with Crippen molar-refractivity contribution in [2.45, 2.75) is 6.54 Å². The Balaban J connectivity index is 2.68. The van der Waals surface area contributed by atoms with Crippen molar-refractivity contribution in [2.24, 2.45) is 0 Å². The molecule has 0 unspecified atom stereocenters. The van der Waals surface area contributed by atoms with E-state index >= 15 is 0 Å². The van der Waals surface area contributed by atoms with Gasteiger partial charge in [0.25, 0.3) is 0 Å². The highest BCUT2D eigenvalue weighted by atomic mass is 19.2. The minimum atomic E-state index is -1.17. The Morgan fingerprint density at radius 3 is 2.60 bits per heavy atom. The number of H-pyrrole nitrogens is 1. The van der Waals surface area contributed by atoms with Gasteiger partial charge < -0.3 is 10.3 Å². The van der Waals surface area contributed by atoms with Crippen molar-refractivity contribution >= 4 is 10.9 Å². The number of aromatic nitrogens is 1. The fourth-order valence-electron chi connectivity index (χ4n) is 1.53. The van der Waals surface area contributed by atoms with E-state index in [4.69, 9.17) is 0 Å². The zero-order valence-corrected chi connectivity index (χ0v) is 8.00.